The highest BCUT2D eigenvalue weighted by Crippen LogP contribution is 2.33. The van der Waals surface area contributed by atoms with Crippen LogP contribution in [0.2, 0.25) is 0 Å². The first-order valence-electron chi connectivity index (χ1n) is 6.61. The minimum absolute atomic E-state index is 0.0325. The molecule has 0 saturated carbocycles. The maximum absolute atomic E-state index is 12.4. The van der Waals surface area contributed by atoms with Gasteiger partial charge in [0.25, 0.3) is 5.41 Å². The smallest absolute Gasteiger partial charge is 0.340 e. The van der Waals surface area contributed by atoms with Gasteiger partial charge in [-0.25, -0.2) is 14.4 Å². The molecule has 1 heterocycles. The maximum atomic E-state index is 12.4. The standard InChI is InChI=1S/C14H18O6S/c1-4-18-11(15)14(12(16)19-5-2,13(17)20-6-3)10-8-7-9-21-10/h7-9H,4-6H2,1-3H3. The van der Waals surface area contributed by atoms with Crippen molar-refractivity contribution in [2.75, 3.05) is 19.8 Å². The Hall–Kier alpha value is -1.89. The van der Waals surface area contributed by atoms with E-state index in [2.05, 4.69) is 0 Å². The van der Waals surface area contributed by atoms with Crippen LogP contribution in [0.15, 0.2) is 17.5 Å². The van der Waals surface area contributed by atoms with Gasteiger partial charge < -0.3 is 14.2 Å². The van der Waals surface area contributed by atoms with Crippen LogP contribution < -0.4 is 0 Å². The van der Waals surface area contributed by atoms with E-state index in [-0.39, 0.29) is 24.7 Å². The molecule has 7 heteroatoms. The molecular formula is C14H18O6S. The molecule has 0 aliphatic carbocycles. The lowest BCUT2D eigenvalue weighted by Gasteiger charge is -2.25. The van der Waals surface area contributed by atoms with Crippen molar-refractivity contribution in [3.8, 4) is 0 Å². The number of esters is 3. The monoisotopic (exact) mass is 314 g/mol. The maximum Gasteiger partial charge on any atom is 0.340 e. The van der Waals surface area contributed by atoms with Crippen molar-refractivity contribution in [2.24, 2.45) is 0 Å². The molecule has 0 fully saturated rings. The third kappa shape index (κ3) is 3.24. The Balaban J connectivity index is 3.43. The molecule has 0 radical (unpaired) electrons. The number of hydrogen-bond donors (Lipinski definition) is 0. The van der Waals surface area contributed by atoms with Gasteiger partial charge in [-0.05, 0) is 32.2 Å². The van der Waals surface area contributed by atoms with Gasteiger partial charge in [-0.2, -0.15) is 0 Å². The van der Waals surface area contributed by atoms with Gasteiger partial charge in [-0.1, -0.05) is 6.07 Å². The molecule has 1 aromatic rings. The van der Waals surface area contributed by atoms with Crippen LogP contribution in [0.25, 0.3) is 0 Å². The van der Waals surface area contributed by atoms with Gasteiger partial charge in [-0.15, -0.1) is 11.3 Å². The summed E-state index contributed by atoms with van der Waals surface area (Å²) in [5.74, 6) is -2.95. The van der Waals surface area contributed by atoms with Crippen molar-refractivity contribution in [3.05, 3.63) is 22.4 Å². The summed E-state index contributed by atoms with van der Waals surface area (Å²) in [5.41, 5.74) is -2.21. The molecule has 0 N–H and O–H groups in total. The zero-order valence-electron chi connectivity index (χ0n) is 12.2. The van der Waals surface area contributed by atoms with Crippen molar-refractivity contribution in [1.82, 2.24) is 0 Å². The number of hydrogen-bond acceptors (Lipinski definition) is 7. The van der Waals surface area contributed by atoms with E-state index in [1.807, 2.05) is 0 Å². The van der Waals surface area contributed by atoms with Crippen LogP contribution in [0.3, 0.4) is 0 Å². The van der Waals surface area contributed by atoms with Gasteiger partial charge in [0.15, 0.2) is 0 Å². The zero-order chi connectivity index (χ0) is 15.9. The van der Waals surface area contributed by atoms with Gasteiger partial charge in [0.05, 0.1) is 19.8 Å². The molecule has 0 atom stereocenters. The van der Waals surface area contributed by atoms with Crippen molar-refractivity contribution in [2.45, 2.75) is 26.2 Å². The molecule has 0 amide bonds. The third-order valence-electron chi connectivity index (χ3n) is 2.64. The Morgan fingerprint density at radius 3 is 1.67 bits per heavy atom. The first kappa shape index (κ1) is 17.2. The van der Waals surface area contributed by atoms with E-state index in [1.54, 1.807) is 32.2 Å². The molecule has 0 bridgehead atoms. The van der Waals surface area contributed by atoms with Crippen LogP contribution in [0.5, 0.6) is 0 Å². The molecule has 0 aromatic carbocycles. The Morgan fingerprint density at radius 2 is 1.38 bits per heavy atom. The topological polar surface area (TPSA) is 78.9 Å². The molecule has 0 spiro atoms. The van der Waals surface area contributed by atoms with E-state index >= 15 is 0 Å². The molecule has 1 aromatic heterocycles. The Labute approximate surface area is 127 Å². The summed E-state index contributed by atoms with van der Waals surface area (Å²) in [6.07, 6.45) is 0. The van der Waals surface area contributed by atoms with Crippen molar-refractivity contribution in [3.63, 3.8) is 0 Å². The van der Waals surface area contributed by atoms with E-state index < -0.39 is 23.3 Å². The lowest BCUT2D eigenvalue weighted by Crippen LogP contribution is -2.53. The van der Waals surface area contributed by atoms with E-state index in [1.165, 1.54) is 6.07 Å². The van der Waals surface area contributed by atoms with Gasteiger partial charge in [0, 0.05) is 4.88 Å². The molecule has 0 saturated heterocycles. The molecule has 0 unspecified atom stereocenters. The largest absolute Gasteiger partial charge is 0.464 e. The van der Waals surface area contributed by atoms with Gasteiger partial charge in [0.1, 0.15) is 0 Å². The molecule has 1 rings (SSSR count). The summed E-state index contributed by atoms with van der Waals surface area (Å²) in [7, 11) is 0. The Bertz CT molecular complexity index is 448. The average molecular weight is 314 g/mol. The highest BCUT2D eigenvalue weighted by Gasteiger charge is 2.59. The van der Waals surface area contributed by atoms with Crippen molar-refractivity contribution >= 4 is 29.2 Å². The van der Waals surface area contributed by atoms with Crippen LogP contribution in [0.4, 0.5) is 0 Å². The first-order chi connectivity index (χ1) is 10.0. The number of thiophene rings is 1. The fourth-order valence-electron chi connectivity index (χ4n) is 1.76. The number of carbonyl (C=O) groups excluding carboxylic acids is 3. The highest BCUT2D eigenvalue weighted by atomic mass is 32.1. The minimum atomic E-state index is -2.21. The first-order valence-corrected chi connectivity index (χ1v) is 7.49. The highest BCUT2D eigenvalue weighted by molar-refractivity contribution is 7.10. The summed E-state index contributed by atoms with van der Waals surface area (Å²) in [4.78, 5) is 37.4. The number of rotatable bonds is 7. The second-order valence-corrected chi connectivity index (χ2v) is 4.84. The zero-order valence-corrected chi connectivity index (χ0v) is 13.0. The lowest BCUT2D eigenvalue weighted by atomic mass is 9.86. The van der Waals surface area contributed by atoms with Crippen molar-refractivity contribution < 1.29 is 28.6 Å². The second-order valence-electron chi connectivity index (χ2n) is 3.89. The van der Waals surface area contributed by atoms with Gasteiger partial charge in [-0.3, -0.25) is 0 Å². The Kier molecular flexibility index (Phi) is 6.36. The second kappa shape index (κ2) is 7.78. The molecule has 0 aliphatic rings. The molecule has 21 heavy (non-hydrogen) atoms. The van der Waals surface area contributed by atoms with Crippen LogP contribution in [0.1, 0.15) is 25.6 Å². The molecule has 0 aliphatic heterocycles. The average Bonchev–Trinajstić information content (AvgIpc) is 2.95. The van der Waals surface area contributed by atoms with Crippen LogP contribution in [-0.4, -0.2) is 37.7 Å². The SMILES string of the molecule is CCOC(=O)C(C(=O)OCC)(C(=O)OCC)c1cccs1. The van der Waals surface area contributed by atoms with E-state index in [0.717, 1.165) is 11.3 Å². The lowest BCUT2D eigenvalue weighted by molar-refractivity contribution is -0.175. The summed E-state index contributed by atoms with van der Waals surface area (Å²) < 4.78 is 14.8. The van der Waals surface area contributed by atoms with Crippen LogP contribution >= 0.6 is 11.3 Å². The fourth-order valence-corrected chi connectivity index (χ4v) is 2.65. The van der Waals surface area contributed by atoms with Crippen LogP contribution in [-0.2, 0) is 34.0 Å². The van der Waals surface area contributed by atoms with E-state index in [0.29, 0.717) is 0 Å². The minimum Gasteiger partial charge on any atom is -0.464 e. The summed E-state index contributed by atoms with van der Waals surface area (Å²) in [6, 6.07) is 3.14. The quantitative estimate of drug-likeness (QED) is 0.433. The summed E-state index contributed by atoms with van der Waals surface area (Å²) in [5, 5.41) is 1.65. The summed E-state index contributed by atoms with van der Waals surface area (Å²) >= 11 is 1.09. The normalized spacial score (nSPS) is 10.8. The van der Waals surface area contributed by atoms with Gasteiger partial charge >= 0.3 is 17.9 Å². The molecule has 6 nitrogen and oxygen atoms in total. The summed E-state index contributed by atoms with van der Waals surface area (Å²) in [6.45, 7) is 4.87. The third-order valence-corrected chi connectivity index (χ3v) is 3.63. The molecular weight excluding hydrogens is 296 g/mol. The predicted octanol–water partition coefficient (Wildman–Crippen LogP) is 1.68. The van der Waals surface area contributed by atoms with E-state index in [4.69, 9.17) is 14.2 Å². The molecule has 116 valence electrons. The van der Waals surface area contributed by atoms with Crippen molar-refractivity contribution in [1.29, 1.82) is 0 Å². The Morgan fingerprint density at radius 1 is 0.952 bits per heavy atom. The fraction of sp³-hybridized carbons (Fsp3) is 0.500. The van der Waals surface area contributed by atoms with E-state index in [9.17, 15) is 14.4 Å². The number of carbonyl (C=O) groups is 3. The van der Waals surface area contributed by atoms with Gasteiger partial charge in [0.2, 0.25) is 0 Å². The number of ether oxygens (including phenoxy) is 3. The predicted molar refractivity (Wildman–Crippen MR) is 75.9 cm³/mol. The van der Waals surface area contributed by atoms with Crippen LogP contribution in [0, 0.1) is 0 Å².